The lowest BCUT2D eigenvalue weighted by Crippen LogP contribution is -2.12. The molecule has 0 spiro atoms. The number of nitrogens with one attached hydrogen (secondary N) is 1. The van der Waals surface area contributed by atoms with Gasteiger partial charge < -0.3 is 5.32 Å². The summed E-state index contributed by atoms with van der Waals surface area (Å²) in [6.45, 7) is 0. The Morgan fingerprint density at radius 2 is 1.55 bits per heavy atom. The summed E-state index contributed by atoms with van der Waals surface area (Å²) in [6, 6.07) is 26.8. The van der Waals surface area contributed by atoms with Crippen LogP contribution in [0, 0.1) is 0 Å². The predicted octanol–water partition coefficient (Wildman–Crippen LogP) is 5.59. The SMILES string of the molecule is O=C(Nc1ccc2nn(-c3ccccc3)nc2c1)c1cccc2c(Br)cccc12. The summed E-state index contributed by atoms with van der Waals surface area (Å²) in [5.41, 5.74) is 3.66. The van der Waals surface area contributed by atoms with Gasteiger partial charge in [-0.3, -0.25) is 4.79 Å². The van der Waals surface area contributed by atoms with Crippen molar-refractivity contribution in [2.45, 2.75) is 0 Å². The summed E-state index contributed by atoms with van der Waals surface area (Å²) in [5.74, 6) is -0.163. The molecule has 0 unspecified atom stereocenters. The molecule has 29 heavy (non-hydrogen) atoms. The Bertz CT molecular complexity index is 1360. The second-order valence-corrected chi connectivity index (χ2v) is 7.48. The second kappa shape index (κ2) is 7.14. The highest BCUT2D eigenvalue weighted by atomic mass is 79.9. The summed E-state index contributed by atoms with van der Waals surface area (Å²) >= 11 is 3.55. The van der Waals surface area contributed by atoms with Crippen molar-refractivity contribution in [2.75, 3.05) is 5.32 Å². The highest BCUT2D eigenvalue weighted by Gasteiger charge is 2.12. The molecular weight excluding hydrogens is 428 g/mol. The number of anilines is 1. The molecule has 0 radical (unpaired) electrons. The zero-order valence-electron chi connectivity index (χ0n) is 15.2. The maximum atomic E-state index is 12.9. The third-order valence-corrected chi connectivity index (χ3v) is 5.43. The van der Waals surface area contributed by atoms with E-state index in [0.29, 0.717) is 16.8 Å². The van der Waals surface area contributed by atoms with Crippen LogP contribution in [0.5, 0.6) is 0 Å². The number of hydrogen-bond donors (Lipinski definition) is 1. The molecule has 1 heterocycles. The lowest BCUT2D eigenvalue weighted by molar-refractivity contribution is 0.102. The van der Waals surface area contributed by atoms with Crippen LogP contribution in [0.25, 0.3) is 27.5 Å². The van der Waals surface area contributed by atoms with Gasteiger partial charge in [-0.25, -0.2) is 0 Å². The van der Waals surface area contributed by atoms with Crippen molar-refractivity contribution < 1.29 is 4.79 Å². The molecule has 1 amide bonds. The standard InChI is InChI=1S/C23H15BrN4O/c24-20-11-5-8-17-18(20)9-4-10-19(17)23(29)25-15-12-13-21-22(14-15)27-28(26-21)16-6-2-1-3-7-16/h1-14H,(H,25,29). The number of halogens is 1. The van der Waals surface area contributed by atoms with E-state index in [2.05, 4.69) is 31.4 Å². The Morgan fingerprint density at radius 1 is 0.793 bits per heavy atom. The molecule has 0 saturated heterocycles. The molecule has 5 nitrogen and oxygen atoms in total. The lowest BCUT2D eigenvalue weighted by Gasteiger charge is -2.09. The normalized spacial score (nSPS) is 11.1. The molecule has 1 N–H and O–H groups in total. The maximum Gasteiger partial charge on any atom is 0.256 e. The fourth-order valence-electron chi connectivity index (χ4n) is 3.34. The van der Waals surface area contributed by atoms with Gasteiger partial charge in [-0.1, -0.05) is 58.4 Å². The highest BCUT2D eigenvalue weighted by Crippen LogP contribution is 2.27. The van der Waals surface area contributed by atoms with E-state index in [1.54, 1.807) is 4.80 Å². The van der Waals surface area contributed by atoms with Gasteiger partial charge in [0.05, 0.1) is 5.69 Å². The van der Waals surface area contributed by atoms with Crippen LogP contribution in [0.4, 0.5) is 5.69 Å². The van der Waals surface area contributed by atoms with E-state index in [0.717, 1.165) is 26.4 Å². The molecule has 0 bridgehead atoms. The second-order valence-electron chi connectivity index (χ2n) is 6.62. The molecule has 5 rings (SSSR count). The minimum absolute atomic E-state index is 0.163. The molecule has 0 aliphatic heterocycles. The fourth-order valence-corrected chi connectivity index (χ4v) is 3.84. The molecule has 4 aromatic carbocycles. The predicted molar refractivity (Wildman–Crippen MR) is 118 cm³/mol. The number of benzene rings is 4. The minimum atomic E-state index is -0.163. The van der Waals surface area contributed by atoms with E-state index in [-0.39, 0.29) is 5.91 Å². The summed E-state index contributed by atoms with van der Waals surface area (Å²) in [6.07, 6.45) is 0. The van der Waals surface area contributed by atoms with Crippen LogP contribution in [0.2, 0.25) is 0 Å². The van der Waals surface area contributed by atoms with E-state index in [1.165, 1.54) is 0 Å². The fraction of sp³-hybridized carbons (Fsp3) is 0. The first kappa shape index (κ1) is 17.6. The Balaban J connectivity index is 1.48. The molecule has 1 aromatic heterocycles. The smallest absolute Gasteiger partial charge is 0.256 e. The Kier molecular flexibility index (Phi) is 4.33. The highest BCUT2D eigenvalue weighted by molar-refractivity contribution is 9.10. The van der Waals surface area contributed by atoms with Crippen molar-refractivity contribution in [3.63, 3.8) is 0 Å². The van der Waals surface area contributed by atoms with Crippen LogP contribution in [-0.4, -0.2) is 20.9 Å². The summed E-state index contributed by atoms with van der Waals surface area (Å²) in [5, 5.41) is 13.9. The van der Waals surface area contributed by atoms with Crippen molar-refractivity contribution in [1.29, 1.82) is 0 Å². The number of carbonyl (C=O) groups excluding carboxylic acids is 1. The molecule has 0 atom stereocenters. The Morgan fingerprint density at radius 3 is 2.41 bits per heavy atom. The van der Waals surface area contributed by atoms with Crippen LogP contribution >= 0.6 is 15.9 Å². The monoisotopic (exact) mass is 442 g/mol. The third kappa shape index (κ3) is 3.28. The average molecular weight is 443 g/mol. The van der Waals surface area contributed by atoms with Crippen LogP contribution in [0.3, 0.4) is 0 Å². The number of fused-ring (bicyclic) bond motifs is 2. The molecule has 0 aliphatic rings. The van der Waals surface area contributed by atoms with Crippen molar-refractivity contribution in [3.8, 4) is 5.69 Å². The number of aromatic nitrogens is 3. The number of hydrogen-bond acceptors (Lipinski definition) is 3. The summed E-state index contributed by atoms with van der Waals surface area (Å²) in [4.78, 5) is 14.5. The van der Waals surface area contributed by atoms with Crippen molar-refractivity contribution >= 4 is 49.3 Å². The summed E-state index contributed by atoms with van der Waals surface area (Å²) < 4.78 is 0.962. The van der Waals surface area contributed by atoms with Crippen molar-refractivity contribution in [2.24, 2.45) is 0 Å². The van der Waals surface area contributed by atoms with Crippen LogP contribution in [0.1, 0.15) is 10.4 Å². The molecule has 140 valence electrons. The Labute approximate surface area is 175 Å². The first-order valence-corrected chi connectivity index (χ1v) is 9.89. The van der Waals surface area contributed by atoms with E-state index in [9.17, 15) is 4.79 Å². The van der Waals surface area contributed by atoms with Gasteiger partial charge in [0.1, 0.15) is 11.0 Å². The number of rotatable bonds is 3. The van der Waals surface area contributed by atoms with Gasteiger partial charge in [-0.15, -0.1) is 10.2 Å². The first-order valence-electron chi connectivity index (χ1n) is 9.10. The largest absolute Gasteiger partial charge is 0.322 e. The van der Waals surface area contributed by atoms with Gasteiger partial charge in [0.25, 0.3) is 5.91 Å². The van der Waals surface area contributed by atoms with Crippen LogP contribution < -0.4 is 5.32 Å². The number of carbonyl (C=O) groups is 1. The molecule has 5 aromatic rings. The number of para-hydroxylation sites is 1. The molecule has 0 fully saturated rings. The van der Waals surface area contributed by atoms with E-state index in [4.69, 9.17) is 0 Å². The van der Waals surface area contributed by atoms with E-state index in [1.807, 2.05) is 84.9 Å². The van der Waals surface area contributed by atoms with Crippen LogP contribution in [0.15, 0.2) is 89.4 Å². The van der Waals surface area contributed by atoms with Gasteiger partial charge in [0.2, 0.25) is 0 Å². The lowest BCUT2D eigenvalue weighted by atomic mass is 10.0. The molecule has 6 heteroatoms. The zero-order chi connectivity index (χ0) is 19.8. The molecular formula is C23H15BrN4O. The minimum Gasteiger partial charge on any atom is -0.322 e. The van der Waals surface area contributed by atoms with Gasteiger partial charge >= 0.3 is 0 Å². The van der Waals surface area contributed by atoms with Gasteiger partial charge in [0, 0.05) is 15.7 Å². The first-order chi connectivity index (χ1) is 14.2. The topological polar surface area (TPSA) is 59.8 Å². The van der Waals surface area contributed by atoms with Gasteiger partial charge in [-0.05, 0) is 53.2 Å². The van der Waals surface area contributed by atoms with Crippen molar-refractivity contribution in [1.82, 2.24) is 15.0 Å². The quantitative estimate of drug-likeness (QED) is 0.396. The van der Waals surface area contributed by atoms with Crippen molar-refractivity contribution in [3.05, 3.63) is 95.0 Å². The molecule has 0 aliphatic carbocycles. The van der Waals surface area contributed by atoms with Gasteiger partial charge in [0.15, 0.2) is 0 Å². The number of amides is 1. The zero-order valence-corrected chi connectivity index (χ0v) is 16.8. The Hall–Kier alpha value is -3.51. The van der Waals surface area contributed by atoms with E-state index >= 15 is 0 Å². The summed E-state index contributed by atoms with van der Waals surface area (Å²) in [7, 11) is 0. The number of nitrogens with zero attached hydrogens (tertiary/aromatic N) is 3. The maximum absolute atomic E-state index is 12.9. The molecule has 0 saturated carbocycles. The van der Waals surface area contributed by atoms with E-state index < -0.39 is 0 Å². The van der Waals surface area contributed by atoms with Gasteiger partial charge in [-0.2, -0.15) is 4.80 Å². The average Bonchev–Trinajstić information content (AvgIpc) is 3.18. The van der Waals surface area contributed by atoms with Crippen LogP contribution in [-0.2, 0) is 0 Å². The third-order valence-electron chi connectivity index (χ3n) is 4.74.